The monoisotopic (exact) mass is 343 g/mol. The van der Waals surface area contributed by atoms with Crippen LogP contribution in [0.5, 0.6) is 11.5 Å². The summed E-state index contributed by atoms with van der Waals surface area (Å²) in [5.41, 5.74) is 1.37. The van der Waals surface area contributed by atoms with Crippen LogP contribution >= 0.6 is 0 Å². The van der Waals surface area contributed by atoms with E-state index in [1.54, 1.807) is 13.8 Å². The molecule has 0 bridgehead atoms. The van der Waals surface area contributed by atoms with Gasteiger partial charge in [-0.1, -0.05) is 11.6 Å². The Hall–Kier alpha value is -2.64. The Balaban J connectivity index is 2.53. The number of benzene rings is 1. The lowest BCUT2D eigenvalue weighted by Gasteiger charge is -2.12. The fourth-order valence-corrected chi connectivity index (χ4v) is 1.68. The summed E-state index contributed by atoms with van der Waals surface area (Å²) in [5, 5.41) is 2.54. The molecular formula is C16H19F2NO5. The summed E-state index contributed by atoms with van der Waals surface area (Å²) in [6, 6.07) is 4.30. The molecular weight excluding hydrogens is 324 g/mol. The minimum absolute atomic E-state index is 0.0989. The molecule has 0 heterocycles. The Morgan fingerprint density at radius 1 is 1.25 bits per heavy atom. The van der Waals surface area contributed by atoms with E-state index in [0.717, 1.165) is 5.57 Å². The molecule has 1 rings (SSSR count). The number of hydrogen-bond acceptors (Lipinski definition) is 5. The quantitative estimate of drug-likeness (QED) is 0.580. The molecule has 0 aliphatic heterocycles. The molecule has 1 aromatic rings. The highest BCUT2D eigenvalue weighted by molar-refractivity contribution is 5.86. The van der Waals surface area contributed by atoms with Crippen molar-refractivity contribution in [3.63, 3.8) is 0 Å². The molecule has 0 fully saturated rings. The molecule has 1 amide bonds. The van der Waals surface area contributed by atoms with Gasteiger partial charge in [0.15, 0.2) is 18.1 Å². The lowest BCUT2D eigenvalue weighted by atomic mass is 10.2. The number of halogens is 2. The summed E-state index contributed by atoms with van der Waals surface area (Å²) >= 11 is 0. The number of esters is 1. The van der Waals surface area contributed by atoms with E-state index in [0.29, 0.717) is 5.56 Å². The SMILES string of the molecule is COc1cc(CNC(=O)COC(=O)C=C(C)C)ccc1OC(F)F. The van der Waals surface area contributed by atoms with Gasteiger partial charge in [-0.25, -0.2) is 4.79 Å². The molecule has 6 nitrogen and oxygen atoms in total. The van der Waals surface area contributed by atoms with Crippen molar-refractivity contribution in [1.29, 1.82) is 0 Å². The van der Waals surface area contributed by atoms with Crippen molar-refractivity contribution < 1.29 is 32.6 Å². The van der Waals surface area contributed by atoms with Gasteiger partial charge in [0.05, 0.1) is 7.11 Å². The number of carbonyl (C=O) groups excluding carboxylic acids is 2. The molecule has 0 aliphatic carbocycles. The second kappa shape index (κ2) is 9.49. The Morgan fingerprint density at radius 2 is 1.96 bits per heavy atom. The maximum atomic E-state index is 12.2. The zero-order chi connectivity index (χ0) is 18.1. The van der Waals surface area contributed by atoms with Crippen molar-refractivity contribution in [2.45, 2.75) is 27.0 Å². The fraction of sp³-hybridized carbons (Fsp3) is 0.375. The number of nitrogens with one attached hydrogen (secondary N) is 1. The number of alkyl halides is 2. The average Bonchev–Trinajstić information content (AvgIpc) is 2.50. The molecule has 0 spiro atoms. The first-order valence-corrected chi connectivity index (χ1v) is 7.02. The van der Waals surface area contributed by atoms with Gasteiger partial charge in [0, 0.05) is 12.6 Å². The van der Waals surface area contributed by atoms with Gasteiger partial charge in [0.2, 0.25) is 0 Å². The van der Waals surface area contributed by atoms with Crippen LogP contribution in [0, 0.1) is 0 Å². The van der Waals surface area contributed by atoms with Crippen LogP contribution in [0.15, 0.2) is 29.8 Å². The molecule has 0 aromatic heterocycles. The summed E-state index contributed by atoms with van der Waals surface area (Å²) in [6.07, 6.45) is 1.28. The van der Waals surface area contributed by atoms with E-state index in [1.165, 1.54) is 31.4 Å². The summed E-state index contributed by atoms with van der Waals surface area (Å²) in [7, 11) is 1.32. The topological polar surface area (TPSA) is 73.9 Å². The standard InChI is InChI=1S/C16H19F2NO5/c1-10(2)6-15(21)23-9-14(20)19-8-11-4-5-12(24-16(17)18)13(7-11)22-3/h4-7,16H,8-9H2,1-3H3,(H,19,20). The molecule has 0 atom stereocenters. The van der Waals surface area contributed by atoms with Crippen molar-refractivity contribution in [1.82, 2.24) is 5.32 Å². The van der Waals surface area contributed by atoms with Gasteiger partial charge in [-0.3, -0.25) is 4.79 Å². The minimum atomic E-state index is -2.96. The van der Waals surface area contributed by atoms with Gasteiger partial charge in [0.25, 0.3) is 5.91 Å². The molecule has 24 heavy (non-hydrogen) atoms. The molecule has 0 aliphatic rings. The number of amides is 1. The van der Waals surface area contributed by atoms with Gasteiger partial charge >= 0.3 is 12.6 Å². The van der Waals surface area contributed by atoms with Crippen LogP contribution in [0.1, 0.15) is 19.4 Å². The molecule has 0 radical (unpaired) electrons. The van der Waals surface area contributed by atoms with E-state index in [1.807, 2.05) is 0 Å². The molecule has 1 aromatic carbocycles. The van der Waals surface area contributed by atoms with Crippen LogP contribution in [-0.2, 0) is 20.9 Å². The van der Waals surface area contributed by atoms with Crippen LogP contribution in [0.4, 0.5) is 8.78 Å². The van der Waals surface area contributed by atoms with E-state index < -0.39 is 25.1 Å². The minimum Gasteiger partial charge on any atom is -0.493 e. The van der Waals surface area contributed by atoms with Gasteiger partial charge < -0.3 is 19.5 Å². The first-order chi connectivity index (χ1) is 11.3. The summed E-state index contributed by atoms with van der Waals surface area (Å²) in [4.78, 5) is 22.9. The Morgan fingerprint density at radius 3 is 2.54 bits per heavy atom. The third-order valence-corrected chi connectivity index (χ3v) is 2.69. The van der Waals surface area contributed by atoms with Crippen LogP contribution in [0.25, 0.3) is 0 Å². The lowest BCUT2D eigenvalue weighted by molar-refractivity contribution is -0.143. The molecule has 8 heteroatoms. The Bertz CT molecular complexity index is 612. The van der Waals surface area contributed by atoms with Gasteiger partial charge in [0.1, 0.15) is 0 Å². The van der Waals surface area contributed by atoms with E-state index >= 15 is 0 Å². The largest absolute Gasteiger partial charge is 0.493 e. The molecule has 0 saturated heterocycles. The van der Waals surface area contributed by atoms with Gasteiger partial charge in [-0.15, -0.1) is 0 Å². The molecule has 0 saturated carbocycles. The summed E-state index contributed by atoms with van der Waals surface area (Å²) in [5.74, 6) is -1.06. The van der Waals surface area contributed by atoms with E-state index in [4.69, 9.17) is 9.47 Å². The van der Waals surface area contributed by atoms with Crippen LogP contribution in [0.3, 0.4) is 0 Å². The van der Waals surface area contributed by atoms with Crippen molar-refractivity contribution in [2.24, 2.45) is 0 Å². The van der Waals surface area contributed by atoms with Crippen molar-refractivity contribution in [2.75, 3.05) is 13.7 Å². The Labute approximate surface area is 138 Å². The third-order valence-electron chi connectivity index (χ3n) is 2.69. The lowest BCUT2D eigenvalue weighted by Crippen LogP contribution is -2.28. The van der Waals surface area contributed by atoms with Gasteiger partial charge in [-0.2, -0.15) is 8.78 Å². The highest BCUT2D eigenvalue weighted by atomic mass is 19.3. The summed E-state index contributed by atoms with van der Waals surface area (Å²) < 4.78 is 38.5. The van der Waals surface area contributed by atoms with E-state index in [9.17, 15) is 18.4 Å². The summed E-state index contributed by atoms with van der Waals surface area (Å²) in [6.45, 7) is 0.211. The van der Waals surface area contributed by atoms with E-state index in [2.05, 4.69) is 10.1 Å². The van der Waals surface area contributed by atoms with E-state index in [-0.39, 0.29) is 18.0 Å². The smallest absolute Gasteiger partial charge is 0.387 e. The zero-order valence-corrected chi connectivity index (χ0v) is 13.6. The maximum absolute atomic E-state index is 12.2. The average molecular weight is 343 g/mol. The Kier molecular flexibility index (Phi) is 7.67. The van der Waals surface area contributed by atoms with Crippen molar-refractivity contribution in [3.05, 3.63) is 35.4 Å². The van der Waals surface area contributed by atoms with Crippen molar-refractivity contribution in [3.8, 4) is 11.5 Å². The zero-order valence-electron chi connectivity index (χ0n) is 13.6. The predicted octanol–water partition coefficient (Wildman–Crippen LogP) is 2.42. The van der Waals surface area contributed by atoms with Crippen molar-refractivity contribution >= 4 is 11.9 Å². The maximum Gasteiger partial charge on any atom is 0.387 e. The number of ether oxygens (including phenoxy) is 3. The van der Waals surface area contributed by atoms with Crippen LogP contribution in [-0.4, -0.2) is 32.2 Å². The number of methoxy groups -OCH3 is 1. The van der Waals surface area contributed by atoms with Crippen LogP contribution < -0.4 is 14.8 Å². The number of carbonyl (C=O) groups is 2. The second-order valence-electron chi connectivity index (χ2n) is 4.97. The third kappa shape index (κ3) is 7.08. The number of hydrogen-bond donors (Lipinski definition) is 1. The fourth-order valence-electron chi connectivity index (χ4n) is 1.68. The second-order valence-corrected chi connectivity index (χ2v) is 4.97. The highest BCUT2D eigenvalue weighted by Gasteiger charge is 2.12. The van der Waals surface area contributed by atoms with Gasteiger partial charge in [-0.05, 0) is 31.5 Å². The molecule has 0 unspecified atom stereocenters. The number of allylic oxidation sites excluding steroid dienone is 1. The predicted molar refractivity (Wildman–Crippen MR) is 81.9 cm³/mol. The molecule has 132 valence electrons. The first-order valence-electron chi connectivity index (χ1n) is 7.02. The molecule has 1 N–H and O–H groups in total. The first kappa shape index (κ1) is 19.4. The normalized spacial score (nSPS) is 10.1. The number of rotatable bonds is 8. The van der Waals surface area contributed by atoms with Crippen LogP contribution in [0.2, 0.25) is 0 Å². The highest BCUT2D eigenvalue weighted by Crippen LogP contribution is 2.29.